The van der Waals surface area contributed by atoms with Crippen molar-refractivity contribution in [3.05, 3.63) is 69.7 Å². The Balaban J connectivity index is 2.24. The third-order valence-corrected chi connectivity index (χ3v) is 7.01. The molecule has 7 heteroatoms. The van der Waals surface area contributed by atoms with Gasteiger partial charge in [-0.2, -0.15) is 0 Å². The molecular formula is C26H29Cl2NO4. The number of hydrogen-bond acceptors (Lipinski definition) is 3. The van der Waals surface area contributed by atoms with Crippen LogP contribution in [0, 0.1) is 5.41 Å². The topological polar surface area (TPSA) is 74.7 Å². The number of amides is 1. The first kappa shape index (κ1) is 25.3. The summed E-state index contributed by atoms with van der Waals surface area (Å²) in [5.74, 6) is -1.50. The van der Waals surface area contributed by atoms with Crippen molar-refractivity contribution in [3.63, 3.8) is 0 Å². The SMILES string of the molecule is CCC(CC(C)=O)N1C(=O)[C@@](C)(CC(=O)O)C[C@H](c2cccc(Cl)c2)[C@H]1c1ccc(Cl)cc1. The van der Waals surface area contributed by atoms with Crippen LogP contribution in [0.5, 0.6) is 0 Å². The normalized spacial score (nSPS) is 23.9. The molecular weight excluding hydrogens is 461 g/mol. The summed E-state index contributed by atoms with van der Waals surface area (Å²) in [5, 5.41) is 10.8. The predicted molar refractivity (Wildman–Crippen MR) is 130 cm³/mol. The molecule has 1 aliphatic heterocycles. The molecule has 1 saturated heterocycles. The van der Waals surface area contributed by atoms with Crippen molar-refractivity contribution < 1.29 is 19.5 Å². The van der Waals surface area contributed by atoms with Crippen LogP contribution in [0.15, 0.2) is 48.5 Å². The van der Waals surface area contributed by atoms with Gasteiger partial charge in [-0.1, -0.05) is 61.3 Å². The van der Waals surface area contributed by atoms with E-state index in [1.807, 2.05) is 37.3 Å². The molecule has 0 spiro atoms. The molecule has 0 saturated carbocycles. The molecule has 1 amide bonds. The number of ketones is 1. The number of piperidine rings is 1. The molecule has 0 aliphatic carbocycles. The van der Waals surface area contributed by atoms with E-state index in [0.717, 1.165) is 11.1 Å². The fourth-order valence-corrected chi connectivity index (χ4v) is 5.38. The minimum absolute atomic E-state index is 0.0191. The van der Waals surface area contributed by atoms with E-state index in [1.165, 1.54) is 6.92 Å². The Labute approximate surface area is 204 Å². The van der Waals surface area contributed by atoms with Crippen LogP contribution in [0.3, 0.4) is 0 Å². The molecule has 1 unspecified atom stereocenters. The summed E-state index contributed by atoms with van der Waals surface area (Å²) in [4.78, 5) is 39.6. The van der Waals surface area contributed by atoms with Gasteiger partial charge in [0.2, 0.25) is 5.91 Å². The number of halogens is 2. The maximum absolute atomic E-state index is 14.0. The van der Waals surface area contributed by atoms with Gasteiger partial charge in [0.05, 0.1) is 17.9 Å². The maximum atomic E-state index is 14.0. The fraction of sp³-hybridized carbons (Fsp3) is 0.423. The van der Waals surface area contributed by atoms with Gasteiger partial charge in [0.15, 0.2) is 0 Å². The number of aliphatic carboxylic acids is 1. The fourth-order valence-electron chi connectivity index (χ4n) is 5.05. The number of Topliss-reactive ketones (excluding diaryl/α,β-unsaturated/α-hetero) is 1. The molecule has 0 bridgehead atoms. The quantitative estimate of drug-likeness (QED) is 0.472. The van der Waals surface area contributed by atoms with E-state index >= 15 is 0 Å². The van der Waals surface area contributed by atoms with Crippen LogP contribution >= 0.6 is 23.2 Å². The summed E-state index contributed by atoms with van der Waals surface area (Å²) in [5.41, 5.74) is 0.692. The Hall–Kier alpha value is -2.37. The lowest BCUT2D eigenvalue weighted by atomic mass is 9.67. The largest absolute Gasteiger partial charge is 0.481 e. The number of likely N-dealkylation sites (tertiary alicyclic amines) is 1. The number of benzene rings is 2. The van der Waals surface area contributed by atoms with E-state index in [-0.39, 0.29) is 42.5 Å². The highest BCUT2D eigenvalue weighted by Gasteiger charge is 2.52. The molecule has 1 fully saturated rings. The summed E-state index contributed by atoms with van der Waals surface area (Å²) < 4.78 is 0. The van der Waals surface area contributed by atoms with Crippen molar-refractivity contribution in [1.29, 1.82) is 0 Å². The summed E-state index contributed by atoms with van der Waals surface area (Å²) in [6.45, 7) is 5.17. The van der Waals surface area contributed by atoms with Crippen molar-refractivity contribution in [2.24, 2.45) is 5.41 Å². The van der Waals surface area contributed by atoms with Gasteiger partial charge in [0, 0.05) is 28.4 Å². The van der Waals surface area contributed by atoms with Crippen molar-refractivity contribution in [1.82, 2.24) is 4.90 Å². The Morgan fingerprint density at radius 1 is 1.12 bits per heavy atom. The smallest absolute Gasteiger partial charge is 0.304 e. The molecule has 0 aromatic heterocycles. The Morgan fingerprint density at radius 3 is 2.33 bits per heavy atom. The second-order valence-electron chi connectivity index (χ2n) is 9.17. The zero-order valence-electron chi connectivity index (χ0n) is 19.1. The predicted octanol–water partition coefficient (Wildman–Crippen LogP) is 6.29. The summed E-state index contributed by atoms with van der Waals surface area (Å²) in [7, 11) is 0. The lowest BCUT2D eigenvalue weighted by Gasteiger charge is -2.51. The number of hydrogen-bond donors (Lipinski definition) is 1. The second kappa shape index (κ2) is 10.3. The van der Waals surface area contributed by atoms with Crippen molar-refractivity contribution >= 4 is 40.9 Å². The number of nitrogens with zero attached hydrogens (tertiary/aromatic N) is 1. The molecule has 2 aromatic rings. The van der Waals surface area contributed by atoms with Crippen molar-refractivity contribution in [3.8, 4) is 0 Å². The molecule has 5 nitrogen and oxygen atoms in total. The van der Waals surface area contributed by atoms with E-state index in [9.17, 15) is 19.5 Å². The van der Waals surface area contributed by atoms with E-state index in [2.05, 4.69) is 0 Å². The van der Waals surface area contributed by atoms with Crippen LogP contribution < -0.4 is 0 Å². The molecule has 1 aliphatic rings. The number of rotatable bonds is 8. The molecule has 0 radical (unpaired) electrons. The number of carboxylic acid groups (broad SMARTS) is 1. The second-order valence-corrected chi connectivity index (χ2v) is 10.0. The highest BCUT2D eigenvalue weighted by Crippen LogP contribution is 2.52. The average molecular weight is 490 g/mol. The van der Waals surface area contributed by atoms with Gasteiger partial charge in [0.1, 0.15) is 5.78 Å². The van der Waals surface area contributed by atoms with Gasteiger partial charge in [-0.15, -0.1) is 0 Å². The average Bonchev–Trinajstić information content (AvgIpc) is 2.74. The summed E-state index contributed by atoms with van der Waals surface area (Å²) in [6, 6.07) is 14.1. The van der Waals surface area contributed by atoms with Crippen molar-refractivity contribution in [2.45, 2.75) is 64.5 Å². The number of carboxylic acids is 1. The highest BCUT2D eigenvalue weighted by atomic mass is 35.5. The molecule has 1 N–H and O–H groups in total. The maximum Gasteiger partial charge on any atom is 0.304 e. The third-order valence-electron chi connectivity index (χ3n) is 6.52. The van der Waals surface area contributed by atoms with Gasteiger partial charge < -0.3 is 10.0 Å². The van der Waals surface area contributed by atoms with E-state index in [0.29, 0.717) is 22.9 Å². The first-order valence-corrected chi connectivity index (χ1v) is 11.9. The lowest BCUT2D eigenvalue weighted by Crippen LogP contribution is -2.56. The molecule has 2 aromatic carbocycles. The van der Waals surface area contributed by atoms with Crippen LogP contribution in [0.4, 0.5) is 0 Å². The zero-order valence-corrected chi connectivity index (χ0v) is 20.6. The van der Waals surface area contributed by atoms with E-state index in [4.69, 9.17) is 23.2 Å². The van der Waals surface area contributed by atoms with Gasteiger partial charge in [0.25, 0.3) is 0 Å². The Kier molecular flexibility index (Phi) is 7.86. The van der Waals surface area contributed by atoms with Crippen LogP contribution in [-0.2, 0) is 14.4 Å². The first-order chi connectivity index (χ1) is 15.6. The number of carbonyl (C=O) groups is 3. The van der Waals surface area contributed by atoms with Crippen LogP contribution in [0.2, 0.25) is 10.0 Å². The standard InChI is InChI=1S/C26H29Cl2NO4/c1-4-21(12-16(2)30)29-24(17-8-10-19(27)11-9-17)22(18-6-5-7-20(28)13-18)14-26(3,25(29)33)15-23(31)32/h5-11,13,21-22,24H,4,12,14-15H2,1-3H3,(H,31,32)/t21?,22-,24-,26-/m1/s1. The summed E-state index contributed by atoms with van der Waals surface area (Å²) >= 11 is 12.5. The van der Waals surface area contributed by atoms with Gasteiger partial charge in [-0.25, -0.2) is 0 Å². The summed E-state index contributed by atoms with van der Waals surface area (Å²) in [6.07, 6.45) is 0.834. The van der Waals surface area contributed by atoms with E-state index in [1.54, 1.807) is 30.0 Å². The Morgan fingerprint density at radius 2 is 1.79 bits per heavy atom. The van der Waals surface area contributed by atoms with Gasteiger partial charge >= 0.3 is 5.97 Å². The van der Waals surface area contributed by atoms with E-state index < -0.39 is 11.4 Å². The lowest BCUT2D eigenvalue weighted by molar-refractivity contribution is -0.161. The number of carbonyl (C=O) groups excluding carboxylic acids is 2. The van der Waals surface area contributed by atoms with Crippen LogP contribution in [-0.4, -0.2) is 33.7 Å². The first-order valence-electron chi connectivity index (χ1n) is 11.1. The molecule has 176 valence electrons. The van der Waals surface area contributed by atoms with Crippen LogP contribution in [0.25, 0.3) is 0 Å². The van der Waals surface area contributed by atoms with Gasteiger partial charge in [-0.05, 0) is 55.2 Å². The molecule has 1 heterocycles. The molecule has 4 atom stereocenters. The third kappa shape index (κ3) is 5.59. The van der Waals surface area contributed by atoms with Crippen molar-refractivity contribution in [2.75, 3.05) is 0 Å². The molecule has 3 rings (SSSR count). The highest BCUT2D eigenvalue weighted by molar-refractivity contribution is 6.30. The minimum Gasteiger partial charge on any atom is -0.481 e. The van der Waals surface area contributed by atoms with Gasteiger partial charge in [-0.3, -0.25) is 14.4 Å². The minimum atomic E-state index is -1.12. The molecule has 33 heavy (non-hydrogen) atoms. The van der Waals surface area contributed by atoms with Crippen LogP contribution in [0.1, 0.15) is 69.5 Å². The Bertz CT molecular complexity index is 1040. The monoisotopic (exact) mass is 489 g/mol. The zero-order chi connectivity index (χ0) is 24.3.